The highest BCUT2D eigenvalue weighted by Crippen LogP contribution is 2.33. The molecule has 1 fully saturated rings. The Morgan fingerprint density at radius 3 is 2.48 bits per heavy atom. The van der Waals surface area contributed by atoms with Crippen LogP contribution in [0.1, 0.15) is 89.4 Å². The molecule has 1 saturated heterocycles. The van der Waals surface area contributed by atoms with Gasteiger partial charge in [-0.25, -0.2) is 4.79 Å². The fourth-order valence-electron chi connectivity index (χ4n) is 4.67. The van der Waals surface area contributed by atoms with Crippen LogP contribution in [0.5, 0.6) is 0 Å². The average Bonchev–Trinajstić information content (AvgIpc) is 3.00. The first kappa shape index (κ1) is 20.2. The Labute approximate surface area is 163 Å². The van der Waals surface area contributed by atoms with E-state index >= 15 is 0 Å². The van der Waals surface area contributed by atoms with E-state index in [1.54, 1.807) is 0 Å². The first-order valence-corrected chi connectivity index (χ1v) is 10.9. The Bertz CT molecular complexity index is 810. The molecule has 1 aromatic carbocycles. The zero-order valence-corrected chi connectivity index (χ0v) is 17.8. The van der Waals surface area contributed by atoms with E-state index in [1.165, 1.54) is 37.7 Å². The molecule has 1 aromatic heterocycles. The first-order chi connectivity index (χ1) is 13.0. The predicted molar refractivity (Wildman–Crippen MR) is 112 cm³/mol. The minimum absolute atomic E-state index is 0.0881. The smallest absolute Gasteiger partial charge is 0.407 e. The van der Waals surface area contributed by atoms with E-state index in [2.05, 4.69) is 44.7 Å². The number of hydrogen-bond donors (Lipinski definition) is 0. The summed E-state index contributed by atoms with van der Waals surface area (Å²) in [4.78, 5) is 15.4. The van der Waals surface area contributed by atoms with Crippen molar-refractivity contribution in [3.63, 3.8) is 0 Å². The summed E-state index contributed by atoms with van der Waals surface area (Å²) in [5, 5.41) is 0. The molecule has 1 aliphatic rings. The fraction of sp³-hybridized carbons (Fsp3) is 0.696. The standard InChI is InChI=1S/C23H36N2O2/c1-6-8-9-18-12-14-24(15-13-18)20(7-2)25-21-19(16(3)4)11-10-17(5)22(21)27-23(25)26/h10-11,16,18,20H,6-9,12-15H2,1-5H3. The van der Waals surface area contributed by atoms with Crippen molar-refractivity contribution >= 4 is 11.1 Å². The molecule has 2 aromatic rings. The highest BCUT2D eigenvalue weighted by atomic mass is 16.4. The molecule has 4 nitrogen and oxygen atoms in total. The zero-order valence-electron chi connectivity index (χ0n) is 17.8. The molecule has 0 radical (unpaired) electrons. The molecule has 0 spiro atoms. The van der Waals surface area contributed by atoms with Crippen LogP contribution in [0.25, 0.3) is 11.1 Å². The van der Waals surface area contributed by atoms with Crippen LogP contribution in [0.15, 0.2) is 21.3 Å². The lowest BCUT2D eigenvalue weighted by Gasteiger charge is -2.37. The minimum atomic E-state index is -0.207. The number of fused-ring (bicyclic) bond motifs is 1. The number of unbranched alkanes of at least 4 members (excludes halogenated alkanes) is 1. The molecule has 1 unspecified atom stereocenters. The minimum Gasteiger partial charge on any atom is -0.407 e. The maximum atomic E-state index is 12.9. The number of aryl methyl sites for hydroxylation is 1. The van der Waals surface area contributed by atoms with Crippen molar-refractivity contribution < 1.29 is 4.42 Å². The Morgan fingerprint density at radius 2 is 1.89 bits per heavy atom. The van der Waals surface area contributed by atoms with Gasteiger partial charge in [0.2, 0.25) is 0 Å². The largest absolute Gasteiger partial charge is 0.421 e. The van der Waals surface area contributed by atoms with Crippen molar-refractivity contribution in [2.45, 2.75) is 85.2 Å². The monoisotopic (exact) mass is 372 g/mol. The molecule has 4 heteroatoms. The van der Waals surface area contributed by atoms with Crippen molar-refractivity contribution in [1.29, 1.82) is 0 Å². The molecule has 0 N–H and O–H groups in total. The van der Waals surface area contributed by atoms with Gasteiger partial charge in [0, 0.05) is 13.1 Å². The Hall–Kier alpha value is -1.55. The third-order valence-corrected chi connectivity index (χ3v) is 6.31. The molecule has 3 rings (SSSR count). The number of likely N-dealkylation sites (tertiary alicyclic amines) is 1. The molecular formula is C23H36N2O2. The van der Waals surface area contributed by atoms with E-state index in [-0.39, 0.29) is 11.9 Å². The van der Waals surface area contributed by atoms with Crippen molar-refractivity contribution in [3.05, 3.63) is 33.8 Å². The van der Waals surface area contributed by atoms with Gasteiger partial charge in [0.15, 0.2) is 5.58 Å². The van der Waals surface area contributed by atoms with Gasteiger partial charge < -0.3 is 4.42 Å². The average molecular weight is 373 g/mol. The van der Waals surface area contributed by atoms with E-state index in [1.807, 2.05) is 11.5 Å². The van der Waals surface area contributed by atoms with E-state index in [9.17, 15) is 4.79 Å². The summed E-state index contributed by atoms with van der Waals surface area (Å²) in [5.41, 5.74) is 4.02. The van der Waals surface area contributed by atoms with Gasteiger partial charge in [-0.3, -0.25) is 9.47 Å². The van der Waals surface area contributed by atoms with Crippen LogP contribution >= 0.6 is 0 Å². The van der Waals surface area contributed by atoms with E-state index in [0.29, 0.717) is 5.92 Å². The van der Waals surface area contributed by atoms with E-state index < -0.39 is 0 Å². The summed E-state index contributed by atoms with van der Waals surface area (Å²) in [6, 6.07) is 4.24. The normalized spacial score (nSPS) is 17.9. The lowest BCUT2D eigenvalue weighted by Crippen LogP contribution is -2.41. The van der Waals surface area contributed by atoms with Crippen LogP contribution in [0.4, 0.5) is 0 Å². The lowest BCUT2D eigenvalue weighted by molar-refractivity contribution is 0.0824. The van der Waals surface area contributed by atoms with Crippen LogP contribution in [0.2, 0.25) is 0 Å². The second-order valence-electron chi connectivity index (χ2n) is 8.55. The molecule has 1 aliphatic heterocycles. The quantitative estimate of drug-likeness (QED) is 0.613. The number of aromatic nitrogens is 1. The van der Waals surface area contributed by atoms with Crippen LogP contribution < -0.4 is 5.76 Å². The van der Waals surface area contributed by atoms with Gasteiger partial charge in [-0.15, -0.1) is 0 Å². The van der Waals surface area contributed by atoms with Crippen LogP contribution in [0, 0.1) is 12.8 Å². The first-order valence-electron chi connectivity index (χ1n) is 10.9. The van der Waals surface area contributed by atoms with Gasteiger partial charge in [-0.1, -0.05) is 59.1 Å². The summed E-state index contributed by atoms with van der Waals surface area (Å²) < 4.78 is 7.70. The van der Waals surface area contributed by atoms with Crippen molar-refractivity contribution in [1.82, 2.24) is 9.47 Å². The summed E-state index contributed by atoms with van der Waals surface area (Å²) in [6.45, 7) is 13.0. The third-order valence-electron chi connectivity index (χ3n) is 6.31. The number of piperidine rings is 1. The van der Waals surface area contributed by atoms with Crippen LogP contribution in [0.3, 0.4) is 0 Å². The van der Waals surface area contributed by atoms with Gasteiger partial charge in [0.05, 0.1) is 11.7 Å². The second kappa shape index (κ2) is 8.64. The molecule has 27 heavy (non-hydrogen) atoms. The number of hydrogen-bond acceptors (Lipinski definition) is 3. The van der Waals surface area contributed by atoms with Gasteiger partial charge in [-0.05, 0) is 49.1 Å². The maximum Gasteiger partial charge on any atom is 0.421 e. The lowest BCUT2D eigenvalue weighted by atomic mass is 9.91. The number of rotatable bonds is 7. The molecular weight excluding hydrogens is 336 g/mol. The van der Waals surface area contributed by atoms with Crippen LogP contribution in [-0.2, 0) is 0 Å². The Morgan fingerprint density at radius 1 is 1.19 bits per heavy atom. The highest BCUT2D eigenvalue weighted by molar-refractivity contribution is 5.81. The second-order valence-corrected chi connectivity index (χ2v) is 8.55. The van der Waals surface area contributed by atoms with Crippen molar-refractivity contribution in [2.75, 3.05) is 13.1 Å². The summed E-state index contributed by atoms with van der Waals surface area (Å²) in [7, 11) is 0. The van der Waals surface area contributed by atoms with Gasteiger partial charge in [0.1, 0.15) is 0 Å². The summed E-state index contributed by atoms with van der Waals surface area (Å²) in [5.74, 6) is 1.000. The maximum absolute atomic E-state index is 12.9. The molecule has 150 valence electrons. The topological polar surface area (TPSA) is 38.4 Å². The molecule has 1 atom stereocenters. The third kappa shape index (κ3) is 4.01. The zero-order chi connectivity index (χ0) is 19.6. The van der Waals surface area contributed by atoms with Crippen molar-refractivity contribution in [3.8, 4) is 0 Å². The molecule has 0 amide bonds. The van der Waals surface area contributed by atoms with E-state index in [0.717, 1.165) is 42.1 Å². The molecule has 0 aliphatic carbocycles. The Balaban J connectivity index is 1.94. The molecule has 0 bridgehead atoms. The number of oxazole rings is 1. The van der Waals surface area contributed by atoms with Gasteiger partial charge in [-0.2, -0.15) is 0 Å². The fourth-order valence-corrected chi connectivity index (χ4v) is 4.67. The van der Waals surface area contributed by atoms with Gasteiger partial charge >= 0.3 is 5.76 Å². The number of benzene rings is 1. The number of nitrogens with zero attached hydrogens (tertiary/aromatic N) is 2. The van der Waals surface area contributed by atoms with Gasteiger partial charge in [0.25, 0.3) is 0 Å². The summed E-state index contributed by atoms with van der Waals surface area (Å²) in [6.07, 6.45) is 7.47. The molecule has 2 heterocycles. The van der Waals surface area contributed by atoms with Crippen molar-refractivity contribution in [2.24, 2.45) is 5.92 Å². The Kier molecular flexibility index (Phi) is 6.46. The van der Waals surface area contributed by atoms with Crippen LogP contribution in [-0.4, -0.2) is 22.6 Å². The SMILES string of the molecule is CCCCC1CCN(C(CC)n2c(=O)oc3c(C)ccc(C(C)C)c32)CC1. The summed E-state index contributed by atoms with van der Waals surface area (Å²) >= 11 is 0. The highest BCUT2D eigenvalue weighted by Gasteiger charge is 2.29. The molecule has 0 saturated carbocycles. The predicted octanol–water partition coefficient (Wildman–Crippen LogP) is 5.84. The van der Waals surface area contributed by atoms with E-state index in [4.69, 9.17) is 4.42 Å².